The molecule has 1 aromatic rings. The highest BCUT2D eigenvalue weighted by molar-refractivity contribution is 5.20. The van der Waals surface area contributed by atoms with Gasteiger partial charge in [-0.05, 0) is 49.3 Å². The van der Waals surface area contributed by atoms with Gasteiger partial charge in [-0.3, -0.25) is 0 Å². The van der Waals surface area contributed by atoms with Crippen LogP contribution in [0, 0.1) is 28.5 Å². The molecule has 2 unspecified atom stereocenters. The third kappa shape index (κ3) is 4.96. The van der Waals surface area contributed by atoms with Crippen molar-refractivity contribution in [3.05, 3.63) is 35.6 Å². The van der Waals surface area contributed by atoms with Crippen molar-refractivity contribution in [2.75, 3.05) is 0 Å². The molecule has 0 saturated heterocycles. The van der Waals surface area contributed by atoms with E-state index in [-0.39, 0.29) is 11.2 Å². The van der Waals surface area contributed by atoms with E-state index < -0.39 is 0 Å². The predicted molar refractivity (Wildman–Crippen MR) is 81.7 cm³/mol. The molecular formula is C18H26FN. The molecule has 0 fully saturated rings. The van der Waals surface area contributed by atoms with Crippen molar-refractivity contribution in [3.8, 4) is 6.07 Å². The monoisotopic (exact) mass is 275 g/mol. The molecule has 0 aliphatic rings. The standard InChI is InChI=1S/C18H26FN/c1-4-11-18(14-20,12-10-15(3)5-2)13-16-6-8-17(19)9-7-16/h6-9,15H,4-5,10-13H2,1-3H3. The third-order valence-electron chi connectivity index (χ3n) is 4.23. The Hall–Kier alpha value is -1.36. The fourth-order valence-electron chi connectivity index (χ4n) is 2.65. The molecule has 0 spiro atoms. The molecule has 2 heteroatoms. The Balaban J connectivity index is 2.81. The number of hydrogen-bond acceptors (Lipinski definition) is 1. The zero-order valence-electron chi connectivity index (χ0n) is 13.0. The van der Waals surface area contributed by atoms with Gasteiger partial charge in [0.25, 0.3) is 0 Å². The molecule has 0 aromatic heterocycles. The van der Waals surface area contributed by atoms with Gasteiger partial charge in [0.1, 0.15) is 5.82 Å². The Labute approximate surface area is 122 Å². The van der Waals surface area contributed by atoms with Crippen molar-refractivity contribution in [3.63, 3.8) is 0 Å². The van der Waals surface area contributed by atoms with E-state index in [1.54, 1.807) is 12.1 Å². The number of benzene rings is 1. The summed E-state index contributed by atoms with van der Waals surface area (Å²) in [6.07, 6.45) is 5.83. The number of hydrogen-bond donors (Lipinski definition) is 0. The summed E-state index contributed by atoms with van der Waals surface area (Å²) in [5.41, 5.74) is 0.765. The van der Waals surface area contributed by atoms with Crippen LogP contribution in [0.25, 0.3) is 0 Å². The molecule has 0 radical (unpaired) electrons. The molecule has 110 valence electrons. The summed E-state index contributed by atoms with van der Waals surface area (Å²) in [6.45, 7) is 6.56. The molecule has 1 nitrogen and oxygen atoms in total. The fourth-order valence-corrected chi connectivity index (χ4v) is 2.65. The second-order valence-corrected chi connectivity index (χ2v) is 6.00. The minimum absolute atomic E-state index is 0.216. The summed E-state index contributed by atoms with van der Waals surface area (Å²) >= 11 is 0. The van der Waals surface area contributed by atoms with E-state index in [2.05, 4.69) is 26.8 Å². The van der Waals surface area contributed by atoms with Crippen LogP contribution in [0.3, 0.4) is 0 Å². The lowest BCUT2D eigenvalue weighted by molar-refractivity contribution is 0.293. The van der Waals surface area contributed by atoms with Crippen molar-refractivity contribution >= 4 is 0 Å². The number of nitriles is 1. The van der Waals surface area contributed by atoms with Crippen LogP contribution in [-0.4, -0.2) is 0 Å². The van der Waals surface area contributed by atoms with E-state index in [9.17, 15) is 9.65 Å². The fraction of sp³-hybridized carbons (Fsp3) is 0.611. The van der Waals surface area contributed by atoms with Crippen molar-refractivity contribution in [2.45, 2.75) is 59.3 Å². The van der Waals surface area contributed by atoms with Crippen LogP contribution < -0.4 is 0 Å². The summed E-state index contributed by atoms with van der Waals surface area (Å²) in [5.74, 6) is 0.444. The number of nitrogens with zero attached hydrogens (tertiary/aromatic N) is 1. The summed E-state index contributed by atoms with van der Waals surface area (Å²) in [5, 5.41) is 9.69. The molecule has 0 saturated carbocycles. The topological polar surface area (TPSA) is 23.8 Å². The molecule has 20 heavy (non-hydrogen) atoms. The highest BCUT2D eigenvalue weighted by atomic mass is 19.1. The van der Waals surface area contributed by atoms with Gasteiger partial charge in [-0.15, -0.1) is 0 Å². The minimum atomic E-state index is -0.296. The lowest BCUT2D eigenvalue weighted by atomic mass is 9.74. The average Bonchev–Trinajstić information content (AvgIpc) is 2.47. The molecular weight excluding hydrogens is 249 g/mol. The Bertz CT molecular complexity index is 432. The summed E-state index contributed by atoms with van der Waals surface area (Å²) in [7, 11) is 0. The second kappa shape index (κ2) is 8.04. The lowest BCUT2D eigenvalue weighted by Gasteiger charge is -2.27. The first kappa shape index (κ1) is 16.7. The Morgan fingerprint density at radius 2 is 1.85 bits per heavy atom. The molecule has 0 amide bonds. The summed E-state index contributed by atoms with van der Waals surface area (Å²) in [6, 6.07) is 9.15. The van der Waals surface area contributed by atoms with Crippen molar-refractivity contribution in [1.29, 1.82) is 5.26 Å². The van der Waals surface area contributed by atoms with Gasteiger partial charge in [0, 0.05) is 0 Å². The first-order valence-corrected chi connectivity index (χ1v) is 7.71. The SMILES string of the molecule is CCCC(C#N)(CCC(C)CC)Cc1ccc(F)cc1. The van der Waals surface area contributed by atoms with E-state index in [1.165, 1.54) is 12.1 Å². The molecule has 2 atom stereocenters. The van der Waals surface area contributed by atoms with Crippen molar-refractivity contribution in [2.24, 2.45) is 11.3 Å². The largest absolute Gasteiger partial charge is 0.207 e. The maximum atomic E-state index is 13.0. The molecule has 0 aliphatic carbocycles. The predicted octanol–water partition coefficient (Wildman–Crippen LogP) is 5.50. The Morgan fingerprint density at radius 3 is 2.35 bits per heavy atom. The Morgan fingerprint density at radius 1 is 1.20 bits per heavy atom. The average molecular weight is 275 g/mol. The summed E-state index contributed by atoms with van der Waals surface area (Å²) < 4.78 is 13.0. The molecule has 1 rings (SSSR count). The van der Waals surface area contributed by atoms with E-state index in [0.29, 0.717) is 5.92 Å². The van der Waals surface area contributed by atoms with Gasteiger partial charge in [-0.2, -0.15) is 5.26 Å². The van der Waals surface area contributed by atoms with Gasteiger partial charge in [-0.1, -0.05) is 45.7 Å². The molecule has 1 aromatic carbocycles. The molecule has 0 aliphatic heterocycles. The van der Waals surface area contributed by atoms with Gasteiger partial charge in [-0.25, -0.2) is 4.39 Å². The Kier molecular flexibility index (Phi) is 6.71. The first-order chi connectivity index (χ1) is 9.55. The highest BCUT2D eigenvalue weighted by Gasteiger charge is 2.29. The molecule has 0 heterocycles. The second-order valence-electron chi connectivity index (χ2n) is 6.00. The van der Waals surface area contributed by atoms with Crippen LogP contribution in [0.2, 0.25) is 0 Å². The van der Waals surface area contributed by atoms with Crippen molar-refractivity contribution < 1.29 is 4.39 Å². The van der Waals surface area contributed by atoms with Crippen LogP contribution in [0.4, 0.5) is 4.39 Å². The van der Waals surface area contributed by atoms with Gasteiger partial charge in [0.2, 0.25) is 0 Å². The van der Waals surface area contributed by atoms with E-state index in [1.807, 2.05) is 0 Å². The maximum Gasteiger partial charge on any atom is 0.123 e. The highest BCUT2D eigenvalue weighted by Crippen LogP contribution is 2.35. The summed E-state index contributed by atoms with van der Waals surface area (Å²) in [4.78, 5) is 0. The van der Waals surface area contributed by atoms with E-state index in [0.717, 1.165) is 44.1 Å². The van der Waals surface area contributed by atoms with Crippen molar-refractivity contribution in [1.82, 2.24) is 0 Å². The number of halogens is 1. The maximum absolute atomic E-state index is 13.0. The molecule has 0 bridgehead atoms. The van der Waals surface area contributed by atoms with Gasteiger partial charge >= 0.3 is 0 Å². The van der Waals surface area contributed by atoms with E-state index >= 15 is 0 Å². The third-order valence-corrected chi connectivity index (χ3v) is 4.23. The first-order valence-electron chi connectivity index (χ1n) is 7.71. The van der Waals surface area contributed by atoms with Crippen LogP contribution in [0.1, 0.15) is 58.4 Å². The van der Waals surface area contributed by atoms with Gasteiger partial charge < -0.3 is 0 Å². The quantitative estimate of drug-likeness (QED) is 0.614. The molecule has 0 N–H and O–H groups in total. The normalized spacial score (nSPS) is 15.3. The van der Waals surface area contributed by atoms with Crippen LogP contribution in [0.5, 0.6) is 0 Å². The smallest absolute Gasteiger partial charge is 0.123 e. The van der Waals surface area contributed by atoms with Gasteiger partial charge in [0.05, 0.1) is 11.5 Å². The zero-order chi connectivity index (χ0) is 15.0. The van der Waals surface area contributed by atoms with Crippen LogP contribution in [0.15, 0.2) is 24.3 Å². The van der Waals surface area contributed by atoms with Gasteiger partial charge in [0.15, 0.2) is 0 Å². The van der Waals surface area contributed by atoms with Crippen LogP contribution >= 0.6 is 0 Å². The van der Waals surface area contributed by atoms with Crippen LogP contribution in [-0.2, 0) is 6.42 Å². The number of rotatable bonds is 8. The zero-order valence-corrected chi connectivity index (χ0v) is 13.0. The lowest BCUT2D eigenvalue weighted by Crippen LogP contribution is -2.22. The minimum Gasteiger partial charge on any atom is -0.207 e. The van der Waals surface area contributed by atoms with E-state index in [4.69, 9.17) is 0 Å².